The number of fused-ring (bicyclic) bond motifs is 1. The predicted octanol–water partition coefficient (Wildman–Crippen LogP) is 8.10. The molecular formula is C32H36N2O. The number of carbonyl (C=O) groups is 1. The molecule has 0 bridgehead atoms. The summed E-state index contributed by atoms with van der Waals surface area (Å²) in [6.07, 6.45) is 2.17. The molecule has 1 amide bonds. The normalized spacial score (nSPS) is 13.1. The molecule has 1 heterocycles. The maximum absolute atomic E-state index is 13.5. The van der Waals surface area contributed by atoms with Crippen LogP contribution in [0.3, 0.4) is 0 Å². The van der Waals surface area contributed by atoms with Crippen LogP contribution in [0, 0.1) is 5.92 Å². The second kappa shape index (κ2) is 10.9. The number of nitrogens with one attached hydrogen (secondary N) is 1. The maximum Gasteiger partial charge on any atom is 0.252 e. The average molecular weight is 465 g/mol. The van der Waals surface area contributed by atoms with Gasteiger partial charge in [0.15, 0.2) is 0 Å². The molecule has 0 aliphatic rings. The van der Waals surface area contributed by atoms with Crippen molar-refractivity contribution in [3.63, 3.8) is 0 Å². The largest absolute Gasteiger partial charge is 0.345 e. The Kier molecular flexibility index (Phi) is 7.65. The quantitative estimate of drug-likeness (QED) is 0.286. The zero-order valence-corrected chi connectivity index (χ0v) is 21.5. The van der Waals surface area contributed by atoms with Gasteiger partial charge in [0.1, 0.15) is 0 Å². The highest BCUT2D eigenvalue weighted by Crippen LogP contribution is 2.27. The third-order valence-electron chi connectivity index (χ3n) is 6.82. The fourth-order valence-electron chi connectivity index (χ4n) is 4.50. The Morgan fingerprint density at radius 1 is 0.857 bits per heavy atom. The van der Waals surface area contributed by atoms with Gasteiger partial charge in [-0.05, 0) is 60.4 Å². The van der Waals surface area contributed by atoms with Gasteiger partial charge >= 0.3 is 0 Å². The Morgan fingerprint density at radius 2 is 1.51 bits per heavy atom. The van der Waals surface area contributed by atoms with Gasteiger partial charge in [0, 0.05) is 10.9 Å². The van der Waals surface area contributed by atoms with Gasteiger partial charge < -0.3 is 5.32 Å². The summed E-state index contributed by atoms with van der Waals surface area (Å²) in [5, 5.41) is 4.08. The summed E-state index contributed by atoms with van der Waals surface area (Å²) in [6.45, 7) is 10.9. The standard InChI is InChI=1S/C32H36N2O/c1-6-22(4)25-15-17-26(18-16-25)23(5)33-32(35)29-20-31(34-30-10-8-7-9-28(29)30)27-13-11-24(12-14-27)19-21(2)3/h7-18,20-23H,6,19H2,1-5H3,(H,33,35)/t22-,23-/m1/s1. The van der Waals surface area contributed by atoms with E-state index in [1.54, 1.807) is 0 Å². The van der Waals surface area contributed by atoms with Gasteiger partial charge in [-0.1, -0.05) is 94.4 Å². The van der Waals surface area contributed by atoms with E-state index >= 15 is 0 Å². The lowest BCUT2D eigenvalue weighted by Gasteiger charge is -2.17. The Morgan fingerprint density at radius 3 is 2.17 bits per heavy atom. The van der Waals surface area contributed by atoms with Crippen LogP contribution < -0.4 is 5.32 Å². The van der Waals surface area contributed by atoms with Crippen LogP contribution in [0.15, 0.2) is 78.9 Å². The van der Waals surface area contributed by atoms with E-state index in [2.05, 4.69) is 81.5 Å². The van der Waals surface area contributed by atoms with Crippen LogP contribution >= 0.6 is 0 Å². The van der Waals surface area contributed by atoms with Crippen LogP contribution in [0.2, 0.25) is 0 Å². The van der Waals surface area contributed by atoms with Crippen molar-refractivity contribution >= 4 is 16.8 Å². The topological polar surface area (TPSA) is 42.0 Å². The first-order chi connectivity index (χ1) is 16.9. The second-order valence-electron chi connectivity index (χ2n) is 10.0. The highest BCUT2D eigenvalue weighted by molar-refractivity contribution is 6.07. The lowest BCUT2D eigenvalue weighted by molar-refractivity contribution is 0.0941. The zero-order valence-electron chi connectivity index (χ0n) is 21.5. The first kappa shape index (κ1) is 24.7. The number of rotatable bonds is 8. The Bertz CT molecular complexity index is 1290. The summed E-state index contributed by atoms with van der Waals surface area (Å²) in [4.78, 5) is 18.4. The van der Waals surface area contributed by atoms with Gasteiger partial charge in [-0.2, -0.15) is 0 Å². The summed E-state index contributed by atoms with van der Waals surface area (Å²) in [5.74, 6) is 1.07. The van der Waals surface area contributed by atoms with E-state index in [1.807, 2.05) is 37.3 Å². The molecule has 0 saturated heterocycles. The molecule has 0 aliphatic carbocycles. The van der Waals surface area contributed by atoms with Crippen molar-refractivity contribution in [3.8, 4) is 11.3 Å². The van der Waals surface area contributed by atoms with E-state index in [9.17, 15) is 4.79 Å². The van der Waals surface area contributed by atoms with E-state index < -0.39 is 0 Å². The highest BCUT2D eigenvalue weighted by atomic mass is 16.1. The molecule has 4 rings (SSSR count). The SMILES string of the molecule is CC[C@@H](C)c1ccc([C@@H](C)NC(=O)c2cc(-c3ccc(CC(C)C)cc3)nc3ccccc23)cc1. The van der Waals surface area contributed by atoms with Crippen LogP contribution in [0.4, 0.5) is 0 Å². The fourth-order valence-corrected chi connectivity index (χ4v) is 4.50. The Balaban J connectivity index is 1.62. The van der Waals surface area contributed by atoms with Gasteiger partial charge in [0.05, 0.1) is 22.8 Å². The minimum absolute atomic E-state index is 0.0835. The number of hydrogen-bond donors (Lipinski definition) is 1. The number of hydrogen-bond acceptors (Lipinski definition) is 2. The number of benzene rings is 3. The van der Waals surface area contributed by atoms with E-state index in [4.69, 9.17) is 4.98 Å². The molecule has 1 N–H and O–H groups in total. The van der Waals surface area contributed by atoms with Crippen LogP contribution in [0.25, 0.3) is 22.2 Å². The molecule has 3 heteroatoms. The zero-order chi connectivity index (χ0) is 24.9. The molecule has 3 nitrogen and oxygen atoms in total. The summed E-state index contributed by atoms with van der Waals surface area (Å²) in [5.41, 5.74) is 7.06. The summed E-state index contributed by atoms with van der Waals surface area (Å²) < 4.78 is 0. The van der Waals surface area contributed by atoms with Gasteiger partial charge in [-0.3, -0.25) is 4.79 Å². The van der Waals surface area contributed by atoms with Crippen LogP contribution in [0.5, 0.6) is 0 Å². The van der Waals surface area contributed by atoms with E-state index in [0.29, 0.717) is 17.4 Å². The molecule has 180 valence electrons. The lowest BCUT2D eigenvalue weighted by atomic mass is 9.96. The third-order valence-corrected chi connectivity index (χ3v) is 6.82. The number of pyridine rings is 1. The van der Waals surface area contributed by atoms with Gasteiger partial charge in [-0.15, -0.1) is 0 Å². The second-order valence-corrected chi connectivity index (χ2v) is 10.0. The molecule has 0 unspecified atom stereocenters. The number of amides is 1. The number of nitrogens with zero attached hydrogens (tertiary/aromatic N) is 1. The van der Waals surface area contributed by atoms with Gasteiger partial charge in [0.25, 0.3) is 5.91 Å². The van der Waals surface area contributed by atoms with Crippen molar-refractivity contribution in [3.05, 3.63) is 101 Å². The van der Waals surface area contributed by atoms with Crippen LogP contribution in [-0.4, -0.2) is 10.9 Å². The Labute approximate surface area is 209 Å². The van der Waals surface area contributed by atoms with E-state index in [-0.39, 0.29) is 11.9 Å². The molecule has 3 aromatic carbocycles. The molecule has 4 aromatic rings. The molecule has 35 heavy (non-hydrogen) atoms. The molecule has 0 aliphatic heterocycles. The van der Waals surface area contributed by atoms with Crippen molar-refractivity contribution in [2.24, 2.45) is 5.92 Å². The average Bonchev–Trinajstić information content (AvgIpc) is 2.87. The highest BCUT2D eigenvalue weighted by Gasteiger charge is 2.17. The first-order valence-electron chi connectivity index (χ1n) is 12.8. The smallest absolute Gasteiger partial charge is 0.252 e. The van der Waals surface area contributed by atoms with Crippen molar-refractivity contribution in [2.45, 2.75) is 59.4 Å². The summed E-state index contributed by atoms with van der Waals surface area (Å²) in [7, 11) is 0. The van der Waals surface area contributed by atoms with Crippen molar-refractivity contribution < 1.29 is 4.79 Å². The molecular weight excluding hydrogens is 428 g/mol. The monoisotopic (exact) mass is 464 g/mol. The first-order valence-corrected chi connectivity index (χ1v) is 12.8. The molecule has 2 atom stereocenters. The predicted molar refractivity (Wildman–Crippen MR) is 147 cm³/mol. The number of aromatic nitrogens is 1. The van der Waals surface area contributed by atoms with Crippen molar-refractivity contribution in [1.29, 1.82) is 0 Å². The fraction of sp³-hybridized carbons (Fsp3) is 0.312. The summed E-state index contributed by atoms with van der Waals surface area (Å²) >= 11 is 0. The van der Waals surface area contributed by atoms with Crippen LogP contribution in [0.1, 0.15) is 80.0 Å². The molecule has 1 aromatic heterocycles. The molecule has 0 fully saturated rings. The maximum atomic E-state index is 13.5. The van der Waals surface area contributed by atoms with E-state index in [0.717, 1.165) is 40.6 Å². The van der Waals surface area contributed by atoms with Crippen LogP contribution in [-0.2, 0) is 6.42 Å². The van der Waals surface area contributed by atoms with Crippen molar-refractivity contribution in [2.75, 3.05) is 0 Å². The summed E-state index contributed by atoms with van der Waals surface area (Å²) in [6, 6.07) is 26.8. The van der Waals surface area contributed by atoms with Gasteiger partial charge in [-0.25, -0.2) is 4.98 Å². The molecule has 0 radical (unpaired) electrons. The Hall–Kier alpha value is -3.46. The number of para-hydroxylation sites is 1. The third kappa shape index (κ3) is 5.79. The minimum atomic E-state index is -0.0980. The molecule has 0 saturated carbocycles. The molecule has 0 spiro atoms. The van der Waals surface area contributed by atoms with Crippen molar-refractivity contribution in [1.82, 2.24) is 10.3 Å². The van der Waals surface area contributed by atoms with E-state index in [1.165, 1.54) is 11.1 Å². The minimum Gasteiger partial charge on any atom is -0.345 e. The van der Waals surface area contributed by atoms with Gasteiger partial charge in [0.2, 0.25) is 0 Å². The lowest BCUT2D eigenvalue weighted by Crippen LogP contribution is -2.27. The number of carbonyl (C=O) groups excluding carboxylic acids is 1.